The molecule has 0 amide bonds. The summed E-state index contributed by atoms with van der Waals surface area (Å²) in [6.45, 7) is 2.14. The molecule has 0 radical (unpaired) electrons. The van der Waals surface area contributed by atoms with Crippen LogP contribution in [-0.2, 0) is 6.54 Å². The van der Waals surface area contributed by atoms with Gasteiger partial charge in [-0.3, -0.25) is 14.7 Å². The smallest absolute Gasteiger partial charge is 0.333 e. The zero-order chi connectivity index (χ0) is 27.9. The number of hydrogen-bond acceptors (Lipinski definition) is 8. The number of fused-ring (bicyclic) bond motifs is 1. The van der Waals surface area contributed by atoms with Crippen LogP contribution < -0.4 is 4.90 Å². The van der Waals surface area contributed by atoms with Gasteiger partial charge in [0.2, 0.25) is 5.78 Å². The summed E-state index contributed by atoms with van der Waals surface area (Å²) in [5.74, 6) is -1.43. The lowest BCUT2D eigenvalue weighted by atomic mass is 10.0. The minimum absolute atomic E-state index is 0.0136. The Kier molecular flexibility index (Phi) is 7.03. The molecule has 0 atom stereocenters. The van der Waals surface area contributed by atoms with Gasteiger partial charge in [0.1, 0.15) is 34.1 Å². The lowest BCUT2D eigenvalue weighted by Crippen LogP contribution is -2.46. The first-order valence-corrected chi connectivity index (χ1v) is 12.2. The largest absolute Gasteiger partial charge is 0.382 e. The van der Waals surface area contributed by atoms with E-state index < -0.39 is 29.6 Å². The Labute approximate surface area is 220 Å². The number of ketones is 1. The van der Waals surface area contributed by atoms with Crippen LogP contribution in [0, 0.1) is 11.6 Å². The van der Waals surface area contributed by atoms with E-state index >= 15 is 0 Å². The van der Waals surface area contributed by atoms with Gasteiger partial charge in [-0.1, -0.05) is 6.07 Å². The van der Waals surface area contributed by atoms with Crippen LogP contribution in [0.2, 0.25) is 0 Å². The van der Waals surface area contributed by atoms with Gasteiger partial charge in [0, 0.05) is 56.1 Å². The maximum absolute atomic E-state index is 14.2. The van der Waals surface area contributed by atoms with E-state index in [9.17, 15) is 27.5 Å². The average Bonchev–Trinajstić information content (AvgIpc) is 3.39. The molecule has 4 aromatic rings. The number of benzene rings is 1. The van der Waals surface area contributed by atoms with Crippen LogP contribution in [0.3, 0.4) is 0 Å². The fourth-order valence-electron chi connectivity index (χ4n) is 4.38. The molecular formula is C26H25F4N7O2. The van der Waals surface area contributed by atoms with Crippen molar-refractivity contribution in [2.24, 2.45) is 0 Å². The number of carbonyl (C=O) groups excluding carboxylic acids is 1. The van der Waals surface area contributed by atoms with Crippen molar-refractivity contribution in [2.75, 3.05) is 31.1 Å². The normalized spacial score (nSPS) is 14.9. The van der Waals surface area contributed by atoms with Gasteiger partial charge >= 0.3 is 6.55 Å². The van der Waals surface area contributed by atoms with Crippen LogP contribution in [0.25, 0.3) is 22.3 Å². The number of pyridine rings is 1. The topological polar surface area (TPSA) is 100 Å². The van der Waals surface area contributed by atoms with Crippen LogP contribution in [-0.4, -0.2) is 72.3 Å². The molecule has 1 aliphatic heterocycles. The molecule has 0 unspecified atom stereocenters. The second-order valence-corrected chi connectivity index (χ2v) is 9.83. The Morgan fingerprint density at radius 2 is 1.79 bits per heavy atom. The zero-order valence-corrected chi connectivity index (χ0v) is 21.2. The van der Waals surface area contributed by atoms with Crippen molar-refractivity contribution in [1.82, 2.24) is 29.6 Å². The molecule has 0 aliphatic carbocycles. The first kappa shape index (κ1) is 26.6. The second-order valence-electron chi connectivity index (χ2n) is 9.83. The third kappa shape index (κ3) is 5.59. The van der Waals surface area contributed by atoms with E-state index in [0.29, 0.717) is 71.1 Å². The van der Waals surface area contributed by atoms with Gasteiger partial charge in [0.05, 0.1) is 17.9 Å². The predicted molar refractivity (Wildman–Crippen MR) is 134 cm³/mol. The summed E-state index contributed by atoms with van der Waals surface area (Å²) >= 11 is 0. The minimum atomic E-state index is -2.83. The maximum atomic E-state index is 14.2. The summed E-state index contributed by atoms with van der Waals surface area (Å²) in [5.41, 5.74) is 0.0698. The fraction of sp³-hybridized carbons (Fsp3) is 0.346. The summed E-state index contributed by atoms with van der Waals surface area (Å²) in [7, 11) is 0. The molecule has 39 heavy (non-hydrogen) atoms. The minimum Gasteiger partial charge on any atom is -0.382 e. The Hall–Kier alpha value is -3.97. The second kappa shape index (κ2) is 10.3. The molecule has 1 N–H and O–H groups in total. The van der Waals surface area contributed by atoms with Gasteiger partial charge in [0.25, 0.3) is 0 Å². The van der Waals surface area contributed by atoms with E-state index in [1.54, 1.807) is 0 Å². The number of rotatable bonds is 7. The molecule has 1 fully saturated rings. The van der Waals surface area contributed by atoms with Crippen molar-refractivity contribution in [3.63, 3.8) is 0 Å². The molecule has 5 rings (SSSR count). The summed E-state index contributed by atoms with van der Waals surface area (Å²) in [6.07, 6.45) is 3.80. The summed E-state index contributed by atoms with van der Waals surface area (Å²) in [5, 5.41) is 13.8. The third-order valence-electron chi connectivity index (χ3n) is 6.48. The van der Waals surface area contributed by atoms with E-state index in [4.69, 9.17) is 4.98 Å². The van der Waals surface area contributed by atoms with Gasteiger partial charge in [-0.15, -0.1) is 0 Å². The van der Waals surface area contributed by atoms with Crippen LogP contribution in [0.15, 0.2) is 42.9 Å². The SMILES string of the molecule is CC(C)(O)C(=O)c1cc2nc(N3CCN(Cc4ccc(F)cc4F)CC3)c(-c3cnn(C(F)F)c3)nc2cn1. The Bertz CT molecular complexity index is 1530. The maximum Gasteiger partial charge on any atom is 0.333 e. The number of anilines is 1. The number of piperazine rings is 1. The molecular weight excluding hydrogens is 518 g/mol. The molecule has 3 aromatic heterocycles. The molecule has 0 saturated carbocycles. The summed E-state index contributed by atoms with van der Waals surface area (Å²) < 4.78 is 54.4. The van der Waals surface area contributed by atoms with E-state index in [1.807, 2.05) is 9.80 Å². The van der Waals surface area contributed by atoms with Crippen LogP contribution >= 0.6 is 0 Å². The standard InChI is InChI=1S/C26H25F4N7O2/c1-26(2,39)23(38)20-10-19-21(12-31-20)33-22(16-11-32-37(14-16)25(29)30)24(34-19)36-7-5-35(6-8-36)13-15-3-4-17(27)9-18(15)28/h3-4,9-12,14,25,39H,5-8,13H2,1-2H3. The Morgan fingerprint density at radius 3 is 2.44 bits per heavy atom. The van der Waals surface area contributed by atoms with Gasteiger partial charge in [0.15, 0.2) is 5.82 Å². The van der Waals surface area contributed by atoms with Crippen molar-refractivity contribution < 1.29 is 27.5 Å². The van der Waals surface area contributed by atoms with Gasteiger partial charge in [-0.2, -0.15) is 13.9 Å². The highest BCUT2D eigenvalue weighted by atomic mass is 19.3. The molecule has 4 heterocycles. The fourth-order valence-corrected chi connectivity index (χ4v) is 4.38. The number of carbonyl (C=O) groups is 1. The van der Waals surface area contributed by atoms with Crippen molar-refractivity contribution in [3.8, 4) is 11.3 Å². The quantitative estimate of drug-likeness (QED) is 0.277. The number of hydrogen-bond donors (Lipinski definition) is 1. The predicted octanol–water partition coefficient (Wildman–Crippen LogP) is 3.84. The Balaban J connectivity index is 1.47. The van der Waals surface area contributed by atoms with Crippen LogP contribution in [0.1, 0.15) is 36.4 Å². The van der Waals surface area contributed by atoms with E-state index in [2.05, 4.69) is 15.1 Å². The number of halogens is 4. The molecule has 0 bridgehead atoms. The zero-order valence-electron chi connectivity index (χ0n) is 21.2. The lowest BCUT2D eigenvalue weighted by molar-refractivity contribution is 0.0482. The monoisotopic (exact) mass is 543 g/mol. The highest BCUT2D eigenvalue weighted by molar-refractivity contribution is 6.02. The Morgan fingerprint density at radius 1 is 1.05 bits per heavy atom. The number of Topliss-reactive ketones (excluding diaryl/α,β-unsaturated/α-hetero) is 1. The highest BCUT2D eigenvalue weighted by Crippen LogP contribution is 2.31. The lowest BCUT2D eigenvalue weighted by Gasteiger charge is -2.36. The molecule has 13 heteroatoms. The number of nitrogens with zero attached hydrogens (tertiary/aromatic N) is 7. The summed E-state index contributed by atoms with van der Waals surface area (Å²) in [6, 6.07) is 4.93. The molecule has 1 aromatic carbocycles. The van der Waals surface area contributed by atoms with Crippen LogP contribution in [0.5, 0.6) is 0 Å². The first-order chi connectivity index (χ1) is 18.5. The van der Waals surface area contributed by atoms with Gasteiger partial charge in [-0.05, 0) is 26.0 Å². The highest BCUT2D eigenvalue weighted by Gasteiger charge is 2.28. The molecule has 0 spiro atoms. The third-order valence-corrected chi connectivity index (χ3v) is 6.48. The summed E-state index contributed by atoms with van der Waals surface area (Å²) in [4.78, 5) is 30.0. The van der Waals surface area contributed by atoms with E-state index in [0.717, 1.165) is 6.07 Å². The first-order valence-electron chi connectivity index (χ1n) is 12.2. The number of aromatic nitrogens is 5. The molecule has 9 nitrogen and oxygen atoms in total. The number of aliphatic hydroxyl groups is 1. The van der Waals surface area contributed by atoms with E-state index in [-0.39, 0.29) is 5.69 Å². The average molecular weight is 544 g/mol. The molecule has 1 aliphatic rings. The molecule has 1 saturated heterocycles. The van der Waals surface area contributed by atoms with Crippen molar-refractivity contribution >= 4 is 22.6 Å². The molecule has 204 valence electrons. The van der Waals surface area contributed by atoms with Gasteiger partial charge < -0.3 is 10.0 Å². The number of alkyl halides is 2. The van der Waals surface area contributed by atoms with Crippen LogP contribution in [0.4, 0.5) is 23.4 Å². The van der Waals surface area contributed by atoms with Crippen molar-refractivity contribution in [3.05, 3.63) is 65.7 Å². The van der Waals surface area contributed by atoms with E-state index in [1.165, 1.54) is 50.6 Å². The van der Waals surface area contributed by atoms with Gasteiger partial charge in [-0.25, -0.2) is 23.4 Å². The van der Waals surface area contributed by atoms with Crippen molar-refractivity contribution in [1.29, 1.82) is 0 Å². The van der Waals surface area contributed by atoms with Crippen molar-refractivity contribution in [2.45, 2.75) is 32.5 Å².